The molecule has 1 heterocycles. The maximum atomic E-state index is 12.6. The lowest BCUT2D eigenvalue weighted by molar-refractivity contribution is -0.165. The second-order valence-corrected chi connectivity index (χ2v) is 4.61. The molecule has 0 aromatic carbocycles. The summed E-state index contributed by atoms with van der Waals surface area (Å²) in [5.41, 5.74) is 5.48. The summed E-state index contributed by atoms with van der Waals surface area (Å²) in [4.78, 5) is 12.9. The van der Waals surface area contributed by atoms with Crippen LogP contribution in [0.15, 0.2) is 22.8 Å². The van der Waals surface area contributed by atoms with Gasteiger partial charge in [0.15, 0.2) is 0 Å². The third-order valence-electron chi connectivity index (χ3n) is 2.88. The number of alkyl halides is 3. The van der Waals surface area contributed by atoms with Crippen LogP contribution in [0, 0.1) is 5.92 Å². The molecule has 0 aliphatic rings. The summed E-state index contributed by atoms with van der Waals surface area (Å²) in [6.45, 7) is 0.397. The van der Waals surface area contributed by atoms with Gasteiger partial charge in [0.25, 0.3) is 0 Å². The number of amides is 1. The lowest BCUT2D eigenvalue weighted by Crippen LogP contribution is -2.43. The quantitative estimate of drug-likeness (QED) is 0.840. The highest BCUT2D eigenvalue weighted by atomic mass is 19.4. The van der Waals surface area contributed by atoms with Gasteiger partial charge in [0, 0.05) is 6.54 Å². The number of hydrogen-bond donors (Lipinski definition) is 1. The molecule has 0 fully saturated rings. The van der Waals surface area contributed by atoms with Crippen LogP contribution >= 0.6 is 0 Å². The molecular weight excluding hydrogens is 273 g/mol. The number of rotatable bonds is 7. The third-order valence-corrected chi connectivity index (χ3v) is 2.88. The van der Waals surface area contributed by atoms with Crippen LogP contribution in [-0.4, -0.2) is 30.1 Å². The van der Waals surface area contributed by atoms with Crippen molar-refractivity contribution in [3.8, 4) is 0 Å². The summed E-state index contributed by atoms with van der Waals surface area (Å²) in [5.74, 6) is -0.852. The van der Waals surface area contributed by atoms with E-state index < -0.39 is 24.5 Å². The number of nitrogens with two attached hydrogens (primary N) is 1. The van der Waals surface area contributed by atoms with E-state index in [0.29, 0.717) is 18.6 Å². The van der Waals surface area contributed by atoms with Gasteiger partial charge in [0.05, 0.1) is 18.7 Å². The second-order valence-electron chi connectivity index (χ2n) is 4.61. The maximum absolute atomic E-state index is 12.6. The monoisotopic (exact) mass is 292 g/mol. The van der Waals surface area contributed by atoms with Crippen LogP contribution in [0.1, 0.15) is 25.5 Å². The summed E-state index contributed by atoms with van der Waals surface area (Å²) in [6, 6.07) is 3.10. The first-order valence-electron chi connectivity index (χ1n) is 6.45. The average molecular weight is 292 g/mol. The minimum absolute atomic E-state index is 0.0409. The summed E-state index contributed by atoms with van der Waals surface area (Å²) in [6.07, 6.45) is -1.93. The number of furan rings is 1. The van der Waals surface area contributed by atoms with Crippen molar-refractivity contribution in [3.63, 3.8) is 0 Å². The SMILES string of the molecule is CCCC(CN)C(=O)N(Cc1ccco1)CC(F)(F)F. The Balaban J connectivity index is 2.82. The topological polar surface area (TPSA) is 59.5 Å². The van der Waals surface area contributed by atoms with Crippen molar-refractivity contribution in [1.82, 2.24) is 4.90 Å². The van der Waals surface area contributed by atoms with Gasteiger partial charge >= 0.3 is 6.18 Å². The Morgan fingerprint density at radius 3 is 2.65 bits per heavy atom. The van der Waals surface area contributed by atoms with Crippen LogP contribution in [0.2, 0.25) is 0 Å². The highest BCUT2D eigenvalue weighted by Crippen LogP contribution is 2.21. The Hall–Kier alpha value is -1.50. The number of carbonyl (C=O) groups is 1. The number of carbonyl (C=O) groups excluding carboxylic acids is 1. The predicted molar refractivity (Wildman–Crippen MR) is 67.6 cm³/mol. The molecule has 1 atom stereocenters. The highest BCUT2D eigenvalue weighted by molar-refractivity contribution is 5.79. The van der Waals surface area contributed by atoms with Crippen LogP contribution in [0.3, 0.4) is 0 Å². The summed E-state index contributed by atoms with van der Waals surface area (Å²) in [7, 11) is 0. The third kappa shape index (κ3) is 5.24. The molecular formula is C13H19F3N2O2. The first kappa shape index (κ1) is 16.6. The van der Waals surface area contributed by atoms with Crippen molar-refractivity contribution < 1.29 is 22.4 Å². The van der Waals surface area contributed by atoms with Crippen molar-refractivity contribution in [2.45, 2.75) is 32.5 Å². The van der Waals surface area contributed by atoms with Crippen molar-refractivity contribution in [2.75, 3.05) is 13.1 Å². The van der Waals surface area contributed by atoms with Crippen LogP contribution in [0.4, 0.5) is 13.2 Å². The molecule has 2 N–H and O–H groups in total. The van der Waals surface area contributed by atoms with Crippen LogP contribution < -0.4 is 5.73 Å². The molecule has 0 bridgehead atoms. The van der Waals surface area contributed by atoms with Gasteiger partial charge in [-0.1, -0.05) is 13.3 Å². The van der Waals surface area contributed by atoms with Gasteiger partial charge in [-0.05, 0) is 18.6 Å². The van der Waals surface area contributed by atoms with Crippen molar-refractivity contribution in [2.24, 2.45) is 11.7 Å². The molecule has 114 valence electrons. The van der Waals surface area contributed by atoms with Gasteiger partial charge in [-0.3, -0.25) is 4.79 Å². The molecule has 0 aliphatic carbocycles. The zero-order valence-corrected chi connectivity index (χ0v) is 11.3. The molecule has 0 saturated carbocycles. The van der Waals surface area contributed by atoms with Gasteiger partial charge in [-0.2, -0.15) is 13.2 Å². The summed E-state index contributed by atoms with van der Waals surface area (Å²) >= 11 is 0. The molecule has 1 rings (SSSR count). The minimum atomic E-state index is -4.45. The Bertz CT molecular complexity index is 404. The molecule has 1 unspecified atom stereocenters. The average Bonchev–Trinajstić information content (AvgIpc) is 2.85. The van der Waals surface area contributed by atoms with Gasteiger partial charge in [0.2, 0.25) is 5.91 Å². The Kier molecular flexibility index (Phi) is 6.06. The van der Waals surface area contributed by atoms with Crippen molar-refractivity contribution in [3.05, 3.63) is 24.2 Å². The molecule has 0 spiro atoms. The molecule has 0 saturated heterocycles. The van der Waals surface area contributed by atoms with E-state index in [0.717, 1.165) is 4.90 Å². The van der Waals surface area contributed by atoms with Crippen molar-refractivity contribution in [1.29, 1.82) is 0 Å². The predicted octanol–water partition coefficient (Wildman–Crippen LogP) is 2.55. The smallest absolute Gasteiger partial charge is 0.406 e. The fraction of sp³-hybridized carbons (Fsp3) is 0.615. The van der Waals surface area contributed by atoms with E-state index in [1.54, 1.807) is 6.07 Å². The zero-order valence-electron chi connectivity index (χ0n) is 11.3. The minimum Gasteiger partial charge on any atom is -0.467 e. The Labute approximate surface area is 115 Å². The number of halogens is 3. The van der Waals surface area contributed by atoms with E-state index in [1.165, 1.54) is 12.3 Å². The highest BCUT2D eigenvalue weighted by Gasteiger charge is 2.35. The zero-order chi connectivity index (χ0) is 15.2. The van der Waals surface area contributed by atoms with Gasteiger partial charge in [0.1, 0.15) is 12.3 Å². The van der Waals surface area contributed by atoms with E-state index in [4.69, 9.17) is 10.2 Å². The normalized spacial score (nSPS) is 13.2. The number of nitrogens with zero attached hydrogens (tertiary/aromatic N) is 1. The number of hydrogen-bond acceptors (Lipinski definition) is 3. The van der Waals surface area contributed by atoms with E-state index in [9.17, 15) is 18.0 Å². The molecule has 1 amide bonds. The molecule has 4 nitrogen and oxygen atoms in total. The first-order valence-corrected chi connectivity index (χ1v) is 6.45. The Morgan fingerprint density at radius 2 is 2.20 bits per heavy atom. The molecule has 20 heavy (non-hydrogen) atoms. The lowest BCUT2D eigenvalue weighted by Gasteiger charge is -2.27. The van der Waals surface area contributed by atoms with Gasteiger partial charge in [-0.15, -0.1) is 0 Å². The molecule has 0 radical (unpaired) electrons. The molecule has 1 aromatic rings. The van der Waals surface area contributed by atoms with Crippen LogP contribution in [0.5, 0.6) is 0 Å². The fourth-order valence-corrected chi connectivity index (χ4v) is 1.97. The maximum Gasteiger partial charge on any atom is 0.406 e. The Morgan fingerprint density at radius 1 is 1.50 bits per heavy atom. The standard InChI is InChI=1S/C13H19F3N2O2/c1-2-4-10(7-17)12(19)18(9-13(14,15)16)8-11-5-3-6-20-11/h3,5-6,10H,2,4,7-9,17H2,1H3. The van der Waals surface area contributed by atoms with Crippen LogP contribution in [-0.2, 0) is 11.3 Å². The second kappa shape index (κ2) is 7.33. The fourth-order valence-electron chi connectivity index (χ4n) is 1.97. The van der Waals surface area contributed by atoms with E-state index in [1.807, 2.05) is 6.92 Å². The summed E-state index contributed by atoms with van der Waals surface area (Å²) in [5, 5.41) is 0. The summed E-state index contributed by atoms with van der Waals surface area (Å²) < 4.78 is 42.8. The molecule has 1 aromatic heterocycles. The van der Waals surface area contributed by atoms with E-state index in [-0.39, 0.29) is 13.1 Å². The van der Waals surface area contributed by atoms with E-state index in [2.05, 4.69) is 0 Å². The van der Waals surface area contributed by atoms with Gasteiger partial charge < -0.3 is 15.1 Å². The first-order chi connectivity index (χ1) is 9.37. The van der Waals surface area contributed by atoms with Crippen molar-refractivity contribution >= 4 is 5.91 Å². The largest absolute Gasteiger partial charge is 0.467 e. The van der Waals surface area contributed by atoms with Gasteiger partial charge in [-0.25, -0.2) is 0 Å². The molecule has 7 heteroatoms. The van der Waals surface area contributed by atoms with E-state index >= 15 is 0 Å². The molecule has 0 aliphatic heterocycles. The lowest BCUT2D eigenvalue weighted by atomic mass is 10.0. The van der Waals surface area contributed by atoms with Crippen LogP contribution in [0.25, 0.3) is 0 Å².